The average molecular weight is 338 g/mol. The number of benzene rings is 1. The van der Waals surface area contributed by atoms with Gasteiger partial charge in [-0.15, -0.1) is 0 Å². The van der Waals surface area contributed by atoms with Gasteiger partial charge in [-0.25, -0.2) is 9.48 Å². The lowest BCUT2D eigenvalue weighted by Crippen LogP contribution is -2.30. The minimum Gasteiger partial charge on any atom is -0.459 e. The molecular weight excluding hydrogens is 316 g/mol. The van der Waals surface area contributed by atoms with Gasteiger partial charge in [0.25, 0.3) is 0 Å². The van der Waals surface area contributed by atoms with E-state index >= 15 is 0 Å². The van der Waals surface area contributed by atoms with Crippen molar-refractivity contribution in [3.8, 4) is 0 Å². The zero-order valence-corrected chi connectivity index (χ0v) is 14.5. The number of para-hydroxylation sites is 1. The molecule has 1 atom stereocenters. The smallest absolute Gasteiger partial charge is 0.320 e. The van der Waals surface area contributed by atoms with Crippen LogP contribution in [0.5, 0.6) is 0 Å². The van der Waals surface area contributed by atoms with E-state index in [1.54, 1.807) is 6.20 Å². The second-order valence-electron chi connectivity index (χ2n) is 6.76. The summed E-state index contributed by atoms with van der Waals surface area (Å²) in [4.78, 5) is 12.3. The van der Waals surface area contributed by atoms with Gasteiger partial charge in [-0.1, -0.05) is 18.2 Å². The average Bonchev–Trinajstić information content (AvgIpc) is 3.28. The number of rotatable bonds is 5. The van der Waals surface area contributed by atoms with Gasteiger partial charge in [0.1, 0.15) is 17.2 Å². The number of carbonyl (C=O) groups excluding carboxylic acids is 1. The molecule has 6 heteroatoms. The zero-order chi connectivity index (χ0) is 17.4. The van der Waals surface area contributed by atoms with Gasteiger partial charge in [0.05, 0.1) is 18.8 Å². The van der Waals surface area contributed by atoms with Crippen LogP contribution in [0.1, 0.15) is 37.1 Å². The molecule has 25 heavy (non-hydrogen) atoms. The van der Waals surface area contributed by atoms with Gasteiger partial charge < -0.3 is 9.73 Å². The van der Waals surface area contributed by atoms with Crippen LogP contribution >= 0.6 is 0 Å². The molecule has 0 radical (unpaired) electrons. The van der Waals surface area contributed by atoms with Crippen molar-refractivity contribution >= 4 is 22.8 Å². The maximum absolute atomic E-state index is 12.3. The Hall–Kier alpha value is -2.76. The van der Waals surface area contributed by atoms with Crippen LogP contribution < -0.4 is 10.6 Å². The van der Waals surface area contributed by atoms with E-state index in [-0.39, 0.29) is 6.03 Å². The van der Waals surface area contributed by atoms with Crippen molar-refractivity contribution in [3.63, 3.8) is 0 Å². The van der Waals surface area contributed by atoms with Crippen molar-refractivity contribution in [1.29, 1.82) is 0 Å². The Bertz CT molecular complexity index is 874. The Morgan fingerprint density at radius 3 is 2.96 bits per heavy atom. The van der Waals surface area contributed by atoms with Crippen LogP contribution in [-0.2, 0) is 6.54 Å². The normalized spacial score (nSPS) is 15.3. The van der Waals surface area contributed by atoms with E-state index < -0.39 is 0 Å². The molecule has 3 aromatic rings. The summed E-state index contributed by atoms with van der Waals surface area (Å²) in [6.45, 7) is 4.45. The summed E-state index contributed by atoms with van der Waals surface area (Å²) in [6.07, 6.45) is 4.27. The molecule has 1 aliphatic rings. The summed E-state index contributed by atoms with van der Waals surface area (Å²) < 4.78 is 7.64. The number of urea groups is 1. The number of amides is 2. The molecule has 2 heterocycles. The van der Waals surface area contributed by atoms with Gasteiger partial charge in [-0.3, -0.25) is 5.32 Å². The minimum atomic E-state index is -0.256. The van der Waals surface area contributed by atoms with Crippen molar-refractivity contribution in [2.45, 2.75) is 39.3 Å². The highest BCUT2D eigenvalue weighted by molar-refractivity contribution is 5.89. The fraction of sp³-hybridized carbons (Fsp3) is 0.368. The fourth-order valence-electron chi connectivity index (χ4n) is 3.13. The quantitative estimate of drug-likeness (QED) is 0.731. The second kappa shape index (κ2) is 6.27. The highest BCUT2D eigenvalue weighted by Crippen LogP contribution is 2.40. The Morgan fingerprint density at radius 1 is 1.40 bits per heavy atom. The van der Waals surface area contributed by atoms with E-state index in [2.05, 4.69) is 22.7 Å². The first-order chi connectivity index (χ1) is 12.1. The number of fused-ring (bicyclic) bond motifs is 1. The van der Waals surface area contributed by atoms with E-state index in [9.17, 15) is 4.79 Å². The maximum Gasteiger partial charge on any atom is 0.320 e. The van der Waals surface area contributed by atoms with Crippen LogP contribution in [0, 0.1) is 12.8 Å². The summed E-state index contributed by atoms with van der Waals surface area (Å²) in [7, 11) is 0. The second-order valence-corrected chi connectivity index (χ2v) is 6.76. The molecule has 0 aliphatic heterocycles. The lowest BCUT2D eigenvalue weighted by atomic mass is 10.2. The number of carbonyl (C=O) groups is 1. The molecular formula is C19H22N4O2. The van der Waals surface area contributed by atoms with E-state index in [1.165, 1.54) is 12.8 Å². The van der Waals surface area contributed by atoms with Crippen LogP contribution in [0.15, 0.2) is 40.9 Å². The summed E-state index contributed by atoms with van der Waals surface area (Å²) in [6, 6.07) is 9.80. The number of nitrogens with zero attached hydrogens (tertiary/aromatic N) is 2. The number of aromatic nitrogens is 2. The van der Waals surface area contributed by atoms with Crippen LogP contribution in [0.4, 0.5) is 10.6 Å². The topological polar surface area (TPSA) is 72.1 Å². The molecule has 1 unspecified atom stereocenters. The molecule has 1 aromatic carbocycles. The molecule has 2 amide bonds. The third kappa shape index (κ3) is 3.24. The van der Waals surface area contributed by atoms with Crippen LogP contribution in [-0.4, -0.2) is 15.8 Å². The molecule has 130 valence electrons. The molecule has 2 aromatic heterocycles. The van der Waals surface area contributed by atoms with Gasteiger partial charge in [0.15, 0.2) is 0 Å². The van der Waals surface area contributed by atoms with Crippen LogP contribution in [0.3, 0.4) is 0 Å². The first-order valence-electron chi connectivity index (χ1n) is 8.68. The molecule has 4 rings (SSSR count). The Morgan fingerprint density at radius 2 is 2.20 bits per heavy atom. The number of furan rings is 1. The Kier molecular flexibility index (Phi) is 3.95. The number of anilines is 1. The van der Waals surface area contributed by atoms with Crippen molar-refractivity contribution in [2.24, 2.45) is 5.92 Å². The number of hydrogen-bond donors (Lipinski definition) is 2. The zero-order valence-electron chi connectivity index (χ0n) is 14.5. The van der Waals surface area contributed by atoms with Gasteiger partial charge in [0.2, 0.25) is 0 Å². The van der Waals surface area contributed by atoms with E-state index in [4.69, 9.17) is 4.42 Å². The third-order valence-electron chi connectivity index (χ3n) is 4.80. The molecule has 1 aliphatic carbocycles. The van der Waals surface area contributed by atoms with Gasteiger partial charge in [0, 0.05) is 10.9 Å². The molecule has 1 saturated carbocycles. The molecule has 0 bridgehead atoms. The summed E-state index contributed by atoms with van der Waals surface area (Å²) in [5.41, 5.74) is 1.79. The van der Waals surface area contributed by atoms with Gasteiger partial charge in [-0.05, 0) is 44.7 Å². The Balaban J connectivity index is 1.41. The maximum atomic E-state index is 12.3. The van der Waals surface area contributed by atoms with Gasteiger partial charge >= 0.3 is 6.03 Å². The van der Waals surface area contributed by atoms with Crippen molar-refractivity contribution in [1.82, 2.24) is 15.1 Å². The standard InChI is InChI=1S/C19H22N4O2/c1-12-10-21-23(13(2)14-7-8-14)18(12)22-19(24)20-11-16-9-15-5-3-4-6-17(15)25-16/h3-6,9-10,13-14H,7-8,11H2,1-2H3,(H2,20,22,24). The number of nitrogens with one attached hydrogen (secondary N) is 2. The van der Waals surface area contributed by atoms with Crippen molar-refractivity contribution < 1.29 is 9.21 Å². The molecule has 1 fully saturated rings. The molecule has 6 nitrogen and oxygen atoms in total. The highest BCUT2D eigenvalue weighted by atomic mass is 16.3. The fourth-order valence-corrected chi connectivity index (χ4v) is 3.13. The van der Waals surface area contributed by atoms with E-state index in [1.807, 2.05) is 41.9 Å². The number of aryl methyl sites for hydroxylation is 1. The first-order valence-corrected chi connectivity index (χ1v) is 8.68. The summed E-state index contributed by atoms with van der Waals surface area (Å²) >= 11 is 0. The van der Waals surface area contributed by atoms with Crippen LogP contribution in [0.25, 0.3) is 11.0 Å². The third-order valence-corrected chi connectivity index (χ3v) is 4.80. The first kappa shape index (κ1) is 15.7. The SMILES string of the molecule is Cc1cnn(C(C)C2CC2)c1NC(=O)NCc1cc2ccccc2o1. The molecule has 2 N–H and O–H groups in total. The minimum absolute atomic E-state index is 0.256. The monoisotopic (exact) mass is 338 g/mol. The predicted molar refractivity (Wildman–Crippen MR) is 96.5 cm³/mol. The van der Waals surface area contributed by atoms with E-state index in [0.717, 1.165) is 28.1 Å². The van der Waals surface area contributed by atoms with Gasteiger partial charge in [-0.2, -0.15) is 5.10 Å². The number of hydrogen-bond acceptors (Lipinski definition) is 3. The molecule has 0 saturated heterocycles. The lowest BCUT2D eigenvalue weighted by molar-refractivity contribution is 0.250. The van der Waals surface area contributed by atoms with Crippen LogP contribution in [0.2, 0.25) is 0 Å². The largest absolute Gasteiger partial charge is 0.459 e. The van der Waals surface area contributed by atoms with Crippen molar-refractivity contribution in [2.75, 3.05) is 5.32 Å². The van der Waals surface area contributed by atoms with E-state index in [0.29, 0.717) is 18.5 Å². The van der Waals surface area contributed by atoms with Crippen molar-refractivity contribution in [3.05, 3.63) is 47.9 Å². The summed E-state index contributed by atoms with van der Waals surface area (Å²) in [5.74, 6) is 2.16. The highest BCUT2D eigenvalue weighted by Gasteiger charge is 2.31. The summed E-state index contributed by atoms with van der Waals surface area (Å²) in [5, 5.41) is 11.3. The predicted octanol–water partition coefficient (Wildman–Crippen LogP) is 4.23. The lowest BCUT2D eigenvalue weighted by Gasteiger charge is -2.16. The Labute approximate surface area is 146 Å². The molecule has 0 spiro atoms.